The molecule has 2 N–H and O–H groups in total. The smallest absolute Gasteiger partial charge is 0.229 e. The molecule has 0 saturated heterocycles. The van der Waals surface area contributed by atoms with Gasteiger partial charge < -0.3 is 10.4 Å². The third-order valence-corrected chi connectivity index (χ3v) is 1.52. The van der Waals surface area contributed by atoms with Gasteiger partial charge in [-0.15, -0.1) is 0 Å². The summed E-state index contributed by atoms with van der Waals surface area (Å²) in [4.78, 5) is 3.90. The van der Waals surface area contributed by atoms with Crippen LogP contribution in [0.15, 0.2) is 12.4 Å². The zero-order chi connectivity index (χ0) is 7.84. The highest BCUT2D eigenvalue weighted by molar-refractivity contribution is 5.49. The maximum atomic E-state index is 9.30. The summed E-state index contributed by atoms with van der Waals surface area (Å²) < 4.78 is 1.35. The number of hydrogen-bond acceptors (Lipinski definition) is 4. The first-order valence-electron chi connectivity index (χ1n) is 3.35. The highest BCUT2D eigenvalue weighted by Crippen LogP contribution is 2.15. The van der Waals surface area contributed by atoms with Crippen molar-refractivity contribution in [1.82, 2.24) is 14.8 Å². The molecule has 0 saturated carbocycles. The summed E-state index contributed by atoms with van der Waals surface area (Å²) in [6, 6.07) is 0.103. The summed E-state index contributed by atoms with van der Waals surface area (Å²) >= 11 is 0. The van der Waals surface area contributed by atoms with Crippen molar-refractivity contribution < 1.29 is 5.11 Å². The molecule has 0 aliphatic carbocycles. The van der Waals surface area contributed by atoms with Crippen molar-refractivity contribution in [3.8, 4) is 0 Å². The summed E-state index contributed by atoms with van der Waals surface area (Å²) in [5.41, 5.74) is 0. The van der Waals surface area contributed by atoms with Crippen LogP contribution in [0.4, 0.5) is 5.95 Å². The first kappa shape index (κ1) is 6.21. The van der Waals surface area contributed by atoms with Gasteiger partial charge in [-0.2, -0.15) is 14.8 Å². The number of aromatic nitrogens is 3. The van der Waals surface area contributed by atoms with Gasteiger partial charge in [0, 0.05) is 6.04 Å². The van der Waals surface area contributed by atoms with E-state index in [4.69, 9.17) is 0 Å². The fourth-order valence-electron chi connectivity index (χ4n) is 1.05. The Kier molecular flexibility index (Phi) is 1.12. The van der Waals surface area contributed by atoms with Gasteiger partial charge in [0.05, 0.1) is 0 Å². The minimum Gasteiger partial charge on any atom is -0.493 e. The number of nitrogens with one attached hydrogen (secondary N) is 1. The molecule has 1 aliphatic rings. The van der Waals surface area contributed by atoms with Gasteiger partial charge in [0.25, 0.3) is 0 Å². The second kappa shape index (κ2) is 1.98. The van der Waals surface area contributed by atoms with Crippen LogP contribution in [0.1, 0.15) is 6.92 Å². The molecule has 0 fully saturated rings. The van der Waals surface area contributed by atoms with Crippen molar-refractivity contribution in [1.29, 1.82) is 0 Å². The van der Waals surface area contributed by atoms with Crippen LogP contribution in [-0.2, 0) is 0 Å². The van der Waals surface area contributed by atoms with Gasteiger partial charge in [-0.05, 0) is 13.0 Å². The van der Waals surface area contributed by atoms with Gasteiger partial charge in [-0.3, -0.25) is 0 Å². The third-order valence-electron chi connectivity index (χ3n) is 1.52. The molecule has 5 nitrogen and oxygen atoms in total. The molecule has 0 radical (unpaired) electrons. The molecule has 0 spiro atoms. The van der Waals surface area contributed by atoms with Gasteiger partial charge in [0.2, 0.25) is 11.8 Å². The molecular weight excluding hydrogens is 144 g/mol. The zero-order valence-corrected chi connectivity index (χ0v) is 6.02. The highest BCUT2D eigenvalue weighted by atomic mass is 16.3. The fraction of sp³-hybridized carbons (Fsp3) is 0.333. The van der Waals surface area contributed by atoms with Crippen molar-refractivity contribution >= 4 is 11.8 Å². The Bertz CT molecular complexity index is 303. The van der Waals surface area contributed by atoms with E-state index in [1.807, 2.05) is 6.92 Å². The summed E-state index contributed by atoms with van der Waals surface area (Å²) in [6.07, 6.45) is 3.06. The SMILES string of the molecule is CC1C=C(O)n2ncnc2N1. The number of anilines is 1. The Labute approximate surface area is 63.4 Å². The summed E-state index contributed by atoms with van der Waals surface area (Å²) in [5.74, 6) is 0.709. The number of aliphatic hydroxyl groups is 1. The van der Waals surface area contributed by atoms with Crippen molar-refractivity contribution in [3.63, 3.8) is 0 Å². The van der Waals surface area contributed by atoms with E-state index in [2.05, 4.69) is 15.4 Å². The van der Waals surface area contributed by atoms with Gasteiger partial charge in [-0.25, -0.2) is 0 Å². The minimum atomic E-state index is 0.103. The first-order valence-corrected chi connectivity index (χ1v) is 3.35. The lowest BCUT2D eigenvalue weighted by atomic mass is 10.3. The Morgan fingerprint density at radius 2 is 2.55 bits per heavy atom. The van der Waals surface area contributed by atoms with Crippen molar-refractivity contribution in [3.05, 3.63) is 12.4 Å². The van der Waals surface area contributed by atoms with Gasteiger partial charge >= 0.3 is 0 Å². The van der Waals surface area contributed by atoms with E-state index >= 15 is 0 Å². The van der Waals surface area contributed by atoms with E-state index in [1.165, 1.54) is 11.0 Å². The van der Waals surface area contributed by atoms with Crippen LogP contribution in [0.2, 0.25) is 0 Å². The molecular formula is C6H8N4O. The van der Waals surface area contributed by atoms with Crippen LogP contribution < -0.4 is 5.32 Å². The largest absolute Gasteiger partial charge is 0.493 e. The molecule has 1 aromatic rings. The standard InChI is InChI=1S/C6H8N4O/c1-4-2-5(11)10-6(9-4)7-3-8-10/h2-4,11H,1H3,(H,7,8,9). The van der Waals surface area contributed by atoms with Crippen LogP contribution in [-0.4, -0.2) is 25.9 Å². The Morgan fingerprint density at radius 3 is 3.36 bits per heavy atom. The molecule has 5 heteroatoms. The Balaban J connectivity index is 2.50. The molecule has 1 atom stereocenters. The lowest BCUT2D eigenvalue weighted by molar-refractivity contribution is 0.451. The lowest BCUT2D eigenvalue weighted by Gasteiger charge is -2.16. The molecule has 2 heterocycles. The molecule has 11 heavy (non-hydrogen) atoms. The van der Waals surface area contributed by atoms with Gasteiger partial charge in [-0.1, -0.05) is 0 Å². The maximum Gasteiger partial charge on any atom is 0.229 e. The fourth-order valence-corrected chi connectivity index (χ4v) is 1.05. The first-order chi connectivity index (χ1) is 5.27. The molecule has 0 aromatic carbocycles. The van der Waals surface area contributed by atoms with E-state index in [9.17, 15) is 5.11 Å². The minimum absolute atomic E-state index is 0.103. The second-order valence-electron chi connectivity index (χ2n) is 2.45. The van der Waals surface area contributed by atoms with Crippen molar-refractivity contribution in [2.45, 2.75) is 13.0 Å². The molecule has 1 aromatic heterocycles. The lowest BCUT2D eigenvalue weighted by Crippen LogP contribution is -2.22. The number of aliphatic hydroxyl groups excluding tert-OH is 1. The predicted octanol–water partition coefficient (Wildman–Crippen LogP) is 0.448. The predicted molar refractivity (Wildman–Crippen MR) is 40.0 cm³/mol. The molecule has 0 amide bonds. The van der Waals surface area contributed by atoms with E-state index < -0.39 is 0 Å². The van der Waals surface area contributed by atoms with E-state index in [0.29, 0.717) is 5.95 Å². The topological polar surface area (TPSA) is 63.0 Å². The monoisotopic (exact) mass is 152 g/mol. The quantitative estimate of drug-likeness (QED) is 0.566. The van der Waals surface area contributed by atoms with E-state index in [1.54, 1.807) is 6.08 Å². The normalized spacial score (nSPS) is 21.9. The van der Waals surface area contributed by atoms with Crippen molar-refractivity contribution in [2.24, 2.45) is 0 Å². The van der Waals surface area contributed by atoms with Crippen molar-refractivity contribution in [2.75, 3.05) is 5.32 Å². The average molecular weight is 152 g/mol. The summed E-state index contributed by atoms with van der Waals surface area (Å²) in [5, 5.41) is 16.1. The van der Waals surface area contributed by atoms with E-state index in [0.717, 1.165) is 0 Å². The molecule has 58 valence electrons. The van der Waals surface area contributed by atoms with Crippen LogP contribution in [0.3, 0.4) is 0 Å². The van der Waals surface area contributed by atoms with Gasteiger partial charge in [0.1, 0.15) is 6.33 Å². The summed E-state index contributed by atoms with van der Waals surface area (Å²) in [7, 11) is 0. The second-order valence-corrected chi connectivity index (χ2v) is 2.45. The number of hydrogen-bond donors (Lipinski definition) is 2. The summed E-state index contributed by atoms with van der Waals surface area (Å²) in [6.45, 7) is 1.92. The van der Waals surface area contributed by atoms with Crippen LogP contribution in [0.25, 0.3) is 5.88 Å². The molecule has 0 bridgehead atoms. The van der Waals surface area contributed by atoms with Crippen LogP contribution in [0.5, 0.6) is 0 Å². The molecule has 1 aliphatic heterocycles. The number of rotatable bonds is 0. The maximum absolute atomic E-state index is 9.30. The Hall–Kier alpha value is -1.52. The molecule has 1 unspecified atom stereocenters. The third kappa shape index (κ3) is 0.849. The van der Waals surface area contributed by atoms with Gasteiger partial charge in [0.15, 0.2) is 0 Å². The van der Waals surface area contributed by atoms with E-state index in [-0.39, 0.29) is 11.9 Å². The zero-order valence-electron chi connectivity index (χ0n) is 6.02. The van der Waals surface area contributed by atoms with Crippen LogP contribution >= 0.6 is 0 Å². The number of fused-ring (bicyclic) bond motifs is 1. The van der Waals surface area contributed by atoms with Crippen LogP contribution in [0, 0.1) is 0 Å². The number of nitrogens with zero attached hydrogens (tertiary/aromatic N) is 3. The Morgan fingerprint density at radius 1 is 1.73 bits per heavy atom. The molecule has 2 rings (SSSR count). The highest BCUT2D eigenvalue weighted by Gasteiger charge is 2.15. The average Bonchev–Trinajstić information content (AvgIpc) is 2.34.